The maximum atomic E-state index is 12.9. The van der Waals surface area contributed by atoms with Gasteiger partial charge in [0.1, 0.15) is 0 Å². The lowest BCUT2D eigenvalue weighted by atomic mass is 10.1. The Morgan fingerprint density at radius 3 is 2.00 bits per heavy atom. The highest BCUT2D eigenvalue weighted by Crippen LogP contribution is 2.30. The smallest absolute Gasteiger partial charge is 0.352 e. The molecule has 0 atom stereocenters. The molecule has 2 aromatic rings. The van der Waals surface area contributed by atoms with E-state index in [0.29, 0.717) is 30.8 Å². The van der Waals surface area contributed by atoms with Crippen LogP contribution >= 0.6 is 31.9 Å². The molecule has 2 rings (SSSR count). The van der Waals surface area contributed by atoms with Crippen LogP contribution in [0.25, 0.3) is 0 Å². The number of carbonyl (C=O) groups is 1. The van der Waals surface area contributed by atoms with Crippen molar-refractivity contribution in [3.8, 4) is 0 Å². The Morgan fingerprint density at radius 1 is 0.833 bits per heavy atom. The molecule has 2 N–H and O–H groups in total. The van der Waals surface area contributed by atoms with E-state index in [4.69, 9.17) is 0 Å². The highest BCUT2D eigenvalue weighted by Gasteiger charge is 2.30. The number of hydrogen-bond acceptors (Lipinski definition) is 2. The lowest BCUT2D eigenvalue weighted by Crippen LogP contribution is -2.24. The molecule has 36 heavy (non-hydrogen) atoms. The molecule has 0 bridgehead atoms. The summed E-state index contributed by atoms with van der Waals surface area (Å²) in [7, 11) is 0. The number of nitrogens with one attached hydrogen (secondary N) is 2. The normalized spacial score (nSPS) is 11.6. The van der Waals surface area contributed by atoms with Gasteiger partial charge < -0.3 is 10.6 Å². The van der Waals surface area contributed by atoms with Crippen LogP contribution in [0.1, 0.15) is 98.2 Å². The maximum Gasteiger partial charge on any atom is 0.416 e. The summed E-state index contributed by atoms with van der Waals surface area (Å²) < 4.78 is 40.2. The number of unbranched alkanes of at least 4 members (excludes halogenated alkanes) is 9. The Hall–Kier alpha value is -1.38. The first-order valence-corrected chi connectivity index (χ1v) is 14.4. The van der Waals surface area contributed by atoms with Crippen molar-refractivity contribution in [1.82, 2.24) is 10.6 Å². The highest BCUT2D eigenvalue weighted by atomic mass is 79.9. The van der Waals surface area contributed by atoms with Crippen molar-refractivity contribution in [2.45, 2.75) is 90.4 Å². The van der Waals surface area contributed by atoms with Gasteiger partial charge in [-0.3, -0.25) is 4.79 Å². The van der Waals surface area contributed by atoms with Crippen LogP contribution in [0.3, 0.4) is 0 Å². The van der Waals surface area contributed by atoms with Gasteiger partial charge in [0.25, 0.3) is 5.91 Å². The molecule has 1 amide bonds. The summed E-state index contributed by atoms with van der Waals surface area (Å²) in [6, 6.07) is 8.85. The number of carbonyl (C=O) groups excluding carboxylic acids is 1. The third-order valence-electron chi connectivity index (χ3n) is 6.10. The number of halogens is 5. The summed E-state index contributed by atoms with van der Waals surface area (Å²) in [4.78, 5) is 12.6. The minimum absolute atomic E-state index is 0.115. The molecule has 0 aliphatic carbocycles. The molecule has 0 unspecified atom stereocenters. The van der Waals surface area contributed by atoms with Crippen molar-refractivity contribution >= 4 is 37.8 Å². The summed E-state index contributed by atoms with van der Waals surface area (Å²) in [5.41, 5.74) is 1.35. The lowest BCUT2D eigenvalue weighted by Gasteiger charge is -2.13. The van der Waals surface area contributed by atoms with E-state index in [0.717, 1.165) is 39.5 Å². The first-order chi connectivity index (χ1) is 17.2. The first-order valence-electron chi connectivity index (χ1n) is 12.8. The minimum Gasteiger partial charge on any atom is -0.352 e. The first kappa shape index (κ1) is 30.8. The fraction of sp³-hybridized carbons (Fsp3) is 0.536. The summed E-state index contributed by atoms with van der Waals surface area (Å²) in [5, 5.41) is 6.17. The van der Waals surface area contributed by atoms with Gasteiger partial charge in [-0.1, -0.05) is 115 Å². The molecule has 0 aliphatic heterocycles. The molecule has 0 saturated carbocycles. The second-order valence-corrected chi connectivity index (χ2v) is 10.9. The molecular formula is C28H37Br2F3N2O. The van der Waals surface area contributed by atoms with Gasteiger partial charge in [-0.05, 0) is 35.7 Å². The van der Waals surface area contributed by atoms with E-state index in [9.17, 15) is 18.0 Å². The number of alkyl halides is 3. The largest absolute Gasteiger partial charge is 0.416 e. The quantitative estimate of drug-likeness (QED) is 0.181. The Labute approximate surface area is 230 Å². The van der Waals surface area contributed by atoms with Crippen molar-refractivity contribution in [3.05, 3.63) is 67.6 Å². The molecule has 8 heteroatoms. The highest BCUT2D eigenvalue weighted by molar-refractivity contribution is 9.11. The predicted molar refractivity (Wildman–Crippen MR) is 148 cm³/mol. The summed E-state index contributed by atoms with van der Waals surface area (Å²) in [6.45, 7) is 3.62. The van der Waals surface area contributed by atoms with Gasteiger partial charge in [0.15, 0.2) is 0 Å². The van der Waals surface area contributed by atoms with Crippen molar-refractivity contribution in [2.75, 3.05) is 6.54 Å². The third-order valence-corrected chi connectivity index (χ3v) is 7.52. The average molecular weight is 634 g/mol. The topological polar surface area (TPSA) is 41.1 Å². The summed E-state index contributed by atoms with van der Waals surface area (Å²) >= 11 is 7.06. The zero-order valence-corrected chi connectivity index (χ0v) is 24.1. The molecule has 0 aromatic heterocycles. The molecule has 0 aliphatic rings. The molecular weight excluding hydrogens is 597 g/mol. The zero-order chi connectivity index (χ0) is 26.4. The van der Waals surface area contributed by atoms with E-state index in [1.807, 2.05) is 0 Å². The summed E-state index contributed by atoms with van der Waals surface area (Å²) in [6.07, 6.45) is 8.18. The van der Waals surface area contributed by atoms with Crippen LogP contribution in [0.2, 0.25) is 0 Å². The Kier molecular flexibility index (Phi) is 14.1. The van der Waals surface area contributed by atoms with Crippen molar-refractivity contribution in [3.63, 3.8) is 0 Å². The second kappa shape index (κ2) is 16.5. The Bertz CT molecular complexity index is 928. The fourth-order valence-electron chi connectivity index (χ4n) is 4.01. The molecule has 0 fully saturated rings. The average Bonchev–Trinajstić information content (AvgIpc) is 2.83. The lowest BCUT2D eigenvalue weighted by molar-refractivity contribution is -0.137. The van der Waals surface area contributed by atoms with Crippen LogP contribution in [-0.2, 0) is 19.3 Å². The molecule has 0 spiro atoms. The van der Waals surface area contributed by atoms with E-state index in [-0.39, 0.29) is 5.91 Å². The van der Waals surface area contributed by atoms with E-state index < -0.39 is 11.7 Å². The SMILES string of the molecule is CCCCCCCCCCCCNC(=O)c1cc(Br)c(CNCc2cccc(C(F)(F)F)c2)c(Br)c1. The van der Waals surface area contributed by atoms with Gasteiger partial charge in [-0.15, -0.1) is 0 Å². The van der Waals surface area contributed by atoms with E-state index >= 15 is 0 Å². The van der Waals surface area contributed by atoms with Gasteiger partial charge in [-0.2, -0.15) is 13.2 Å². The Morgan fingerprint density at radius 2 is 1.42 bits per heavy atom. The van der Waals surface area contributed by atoms with Crippen LogP contribution in [0, 0.1) is 0 Å². The van der Waals surface area contributed by atoms with Crippen molar-refractivity contribution in [1.29, 1.82) is 0 Å². The number of hydrogen-bond donors (Lipinski definition) is 2. The van der Waals surface area contributed by atoms with Crippen LogP contribution in [0.4, 0.5) is 13.2 Å². The van der Waals surface area contributed by atoms with Gasteiger partial charge in [0.2, 0.25) is 0 Å². The molecule has 0 saturated heterocycles. The van der Waals surface area contributed by atoms with E-state index in [1.54, 1.807) is 18.2 Å². The van der Waals surface area contributed by atoms with Crippen LogP contribution in [-0.4, -0.2) is 12.5 Å². The number of benzene rings is 2. The van der Waals surface area contributed by atoms with E-state index in [1.165, 1.54) is 57.4 Å². The molecule has 2 aromatic carbocycles. The third kappa shape index (κ3) is 11.3. The number of rotatable bonds is 16. The predicted octanol–water partition coefficient (Wildman–Crippen LogP) is 9.17. The van der Waals surface area contributed by atoms with Gasteiger partial charge >= 0.3 is 6.18 Å². The zero-order valence-electron chi connectivity index (χ0n) is 21.0. The molecule has 3 nitrogen and oxygen atoms in total. The molecule has 0 heterocycles. The number of amides is 1. The maximum absolute atomic E-state index is 12.9. The van der Waals surface area contributed by atoms with Gasteiger partial charge in [0, 0.05) is 34.1 Å². The standard InChI is InChI=1S/C28H37Br2F3N2O/c1-2-3-4-5-6-7-8-9-10-11-15-35-27(36)22-17-25(29)24(26(30)18-22)20-34-19-21-13-12-14-23(16-21)28(31,32)33/h12-14,16-18,34H,2-11,15,19-20H2,1H3,(H,35,36). The van der Waals surface area contributed by atoms with Crippen molar-refractivity contribution in [2.24, 2.45) is 0 Å². The molecule has 200 valence electrons. The van der Waals surface area contributed by atoms with Crippen molar-refractivity contribution < 1.29 is 18.0 Å². The van der Waals surface area contributed by atoms with Gasteiger partial charge in [0.05, 0.1) is 5.56 Å². The van der Waals surface area contributed by atoms with E-state index in [2.05, 4.69) is 49.4 Å². The Balaban J connectivity index is 1.72. The summed E-state index contributed by atoms with van der Waals surface area (Å²) in [5.74, 6) is -0.115. The van der Waals surface area contributed by atoms with Crippen LogP contribution < -0.4 is 10.6 Å². The van der Waals surface area contributed by atoms with Crippen LogP contribution in [0.5, 0.6) is 0 Å². The second-order valence-electron chi connectivity index (χ2n) is 9.16. The van der Waals surface area contributed by atoms with Gasteiger partial charge in [-0.25, -0.2) is 0 Å². The monoisotopic (exact) mass is 632 g/mol. The fourth-order valence-corrected chi connectivity index (χ4v) is 5.48. The minimum atomic E-state index is -4.36. The van der Waals surface area contributed by atoms with Crippen LogP contribution in [0.15, 0.2) is 45.3 Å². The molecule has 0 radical (unpaired) electrons.